The molecule has 0 spiro atoms. The zero-order chi connectivity index (χ0) is 16.4. The molecule has 1 aliphatic rings. The van der Waals surface area contributed by atoms with Gasteiger partial charge in [0.25, 0.3) is 0 Å². The molecule has 3 N–H and O–H groups in total. The first-order chi connectivity index (χ1) is 10.6. The van der Waals surface area contributed by atoms with E-state index in [9.17, 15) is 0 Å². The van der Waals surface area contributed by atoms with Crippen LogP contribution in [-0.4, -0.2) is 61.3 Å². The van der Waals surface area contributed by atoms with Gasteiger partial charge >= 0.3 is 0 Å². The van der Waals surface area contributed by atoms with Gasteiger partial charge in [-0.15, -0.1) is 0 Å². The van der Waals surface area contributed by atoms with Crippen molar-refractivity contribution in [2.75, 3.05) is 33.3 Å². The Hall–Kier alpha value is -0.810. The molecule has 1 saturated carbocycles. The van der Waals surface area contributed by atoms with Crippen molar-refractivity contribution in [1.82, 2.24) is 15.5 Å². The summed E-state index contributed by atoms with van der Waals surface area (Å²) in [5.41, 5.74) is 0. The molecule has 5 nitrogen and oxygen atoms in total. The van der Waals surface area contributed by atoms with Gasteiger partial charge in [0.05, 0.1) is 0 Å². The van der Waals surface area contributed by atoms with Crippen LogP contribution in [0.3, 0.4) is 0 Å². The Morgan fingerprint density at radius 2 is 2.00 bits per heavy atom. The summed E-state index contributed by atoms with van der Waals surface area (Å²) in [6, 6.07) is 1.30. The van der Waals surface area contributed by atoms with E-state index >= 15 is 0 Å². The van der Waals surface area contributed by atoms with Crippen LogP contribution >= 0.6 is 0 Å². The third-order valence-corrected chi connectivity index (χ3v) is 4.47. The summed E-state index contributed by atoms with van der Waals surface area (Å²) in [6.07, 6.45) is 5.80. The van der Waals surface area contributed by atoms with Crippen LogP contribution < -0.4 is 10.6 Å². The molecule has 22 heavy (non-hydrogen) atoms. The Morgan fingerprint density at radius 3 is 2.55 bits per heavy atom. The van der Waals surface area contributed by atoms with Gasteiger partial charge in [0.2, 0.25) is 0 Å². The minimum atomic E-state index is 0.257. The van der Waals surface area contributed by atoms with Crippen molar-refractivity contribution in [1.29, 1.82) is 0 Å². The lowest BCUT2D eigenvalue weighted by Gasteiger charge is -2.25. The molecule has 2 atom stereocenters. The highest BCUT2D eigenvalue weighted by molar-refractivity contribution is 5.79. The molecular weight excluding hydrogens is 276 g/mol. The van der Waals surface area contributed by atoms with Crippen molar-refractivity contribution in [2.24, 2.45) is 10.9 Å². The molecule has 0 bridgehead atoms. The van der Waals surface area contributed by atoms with Crippen LogP contribution in [0.4, 0.5) is 0 Å². The van der Waals surface area contributed by atoms with Crippen LogP contribution in [0.1, 0.15) is 52.9 Å². The van der Waals surface area contributed by atoms with E-state index in [4.69, 9.17) is 10.1 Å². The van der Waals surface area contributed by atoms with Crippen molar-refractivity contribution in [2.45, 2.75) is 65.0 Å². The summed E-state index contributed by atoms with van der Waals surface area (Å²) in [4.78, 5) is 7.17. The first-order valence-corrected chi connectivity index (χ1v) is 8.97. The first kappa shape index (κ1) is 19.2. The fourth-order valence-corrected chi connectivity index (χ4v) is 2.71. The molecule has 1 rings (SSSR count). The third kappa shape index (κ3) is 7.45. The van der Waals surface area contributed by atoms with Crippen molar-refractivity contribution in [3.8, 4) is 0 Å². The largest absolute Gasteiger partial charge is 0.396 e. The molecule has 0 heterocycles. The minimum Gasteiger partial charge on any atom is -0.396 e. The SMILES string of the molecule is CCCC(CCO)CN=C(NCC)NCC(C)N(C)C1CC1. The van der Waals surface area contributed by atoms with E-state index in [0.717, 1.165) is 50.9 Å². The summed E-state index contributed by atoms with van der Waals surface area (Å²) in [5, 5.41) is 15.9. The number of nitrogens with zero attached hydrogens (tertiary/aromatic N) is 2. The maximum atomic E-state index is 9.14. The Morgan fingerprint density at radius 1 is 1.27 bits per heavy atom. The smallest absolute Gasteiger partial charge is 0.191 e. The van der Waals surface area contributed by atoms with Crippen LogP contribution in [-0.2, 0) is 0 Å². The molecule has 1 aliphatic carbocycles. The van der Waals surface area contributed by atoms with Crippen molar-refractivity contribution >= 4 is 5.96 Å². The zero-order valence-electron chi connectivity index (χ0n) is 14.9. The Balaban J connectivity index is 2.42. The van der Waals surface area contributed by atoms with Crippen LogP contribution in [0.5, 0.6) is 0 Å². The molecule has 130 valence electrons. The molecule has 0 amide bonds. The number of hydrogen-bond donors (Lipinski definition) is 3. The molecular formula is C17H36N4O. The summed E-state index contributed by atoms with van der Waals surface area (Å²) < 4.78 is 0. The van der Waals surface area contributed by atoms with Gasteiger partial charge in [-0.05, 0) is 52.5 Å². The van der Waals surface area contributed by atoms with Crippen molar-refractivity contribution < 1.29 is 5.11 Å². The molecule has 0 saturated heterocycles. The zero-order valence-corrected chi connectivity index (χ0v) is 14.9. The third-order valence-electron chi connectivity index (χ3n) is 4.47. The summed E-state index contributed by atoms with van der Waals surface area (Å²) >= 11 is 0. The second-order valence-electron chi connectivity index (χ2n) is 6.51. The quantitative estimate of drug-likeness (QED) is 0.402. The van der Waals surface area contributed by atoms with Gasteiger partial charge in [-0.1, -0.05) is 13.3 Å². The number of hydrogen-bond acceptors (Lipinski definition) is 3. The Kier molecular flexibility index (Phi) is 9.48. The number of aliphatic hydroxyl groups excluding tert-OH is 1. The maximum Gasteiger partial charge on any atom is 0.191 e. The predicted molar refractivity (Wildman–Crippen MR) is 94.3 cm³/mol. The molecule has 1 fully saturated rings. The summed E-state index contributed by atoms with van der Waals surface area (Å²) in [6.45, 7) is 9.38. The van der Waals surface area contributed by atoms with Gasteiger partial charge in [-0.25, -0.2) is 0 Å². The fourth-order valence-electron chi connectivity index (χ4n) is 2.71. The minimum absolute atomic E-state index is 0.257. The molecule has 0 aliphatic heterocycles. The number of likely N-dealkylation sites (N-methyl/N-ethyl adjacent to an activating group) is 1. The average Bonchev–Trinajstić information content (AvgIpc) is 3.34. The van der Waals surface area contributed by atoms with E-state index < -0.39 is 0 Å². The lowest BCUT2D eigenvalue weighted by molar-refractivity contribution is 0.247. The van der Waals surface area contributed by atoms with Gasteiger partial charge in [-0.2, -0.15) is 0 Å². The Bertz CT molecular complexity index is 312. The topological polar surface area (TPSA) is 59.9 Å². The summed E-state index contributed by atoms with van der Waals surface area (Å²) in [7, 11) is 2.21. The predicted octanol–water partition coefficient (Wildman–Crippen LogP) is 1.82. The van der Waals surface area contributed by atoms with Crippen LogP contribution in [0.25, 0.3) is 0 Å². The second-order valence-corrected chi connectivity index (χ2v) is 6.51. The van der Waals surface area contributed by atoms with Crippen LogP contribution in [0.2, 0.25) is 0 Å². The number of guanidine groups is 1. The number of aliphatic hydroxyl groups is 1. The highest BCUT2D eigenvalue weighted by atomic mass is 16.3. The van der Waals surface area contributed by atoms with Gasteiger partial charge in [0, 0.05) is 38.3 Å². The number of aliphatic imine (C=N–C) groups is 1. The number of nitrogens with one attached hydrogen (secondary N) is 2. The van der Waals surface area contributed by atoms with Gasteiger partial charge in [0.15, 0.2) is 5.96 Å². The fraction of sp³-hybridized carbons (Fsp3) is 0.941. The highest BCUT2D eigenvalue weighted by Gasteiger charge is 2.28. The van der Waals surface area contributed by atoms with Crippen molar-refractivity contribution in [3.05, 3.63) is 0 Å². The van der Waals surface area contributed by atoms with E-state index in [1.54, 1.807) is 0 Å². The number of rotatable bonds is 11. The van der Waals surface area contributed by atoms with E-state index in [2.05, 4.69) is 43.4 Å². The Labute approximate surface area is 136 Å². The second kappa shape index (κ2) is 10.8. The molecule has 0 radical (unpaired) electrons. The summed E-state index contributed by atoms with van der Waals surface area (Å²) in [5.74, 6) is 1.38. The average molecular weight is 313 g/mol. The molecule has 0 aromatic carbocycles. The lowest BCUT2D eigenvalue weighted by atomic mass is 10.0. The molecule has 5 heteroatoms. The maximum absolute atomic E-state index is 9.14. The van der Waals surface area contributed by atoms with Crippen molar-refractivity contribution in [3.63, 3.8) is 0 Å². The van der Waals surface area contributed by atoms with E-state index in [1.807, 2.05) is 0 Å². The van der Waals surface area contributed by atoms with Gasteiger partial charge in [0.1, 0.15) is 0 Å². The van der Waals surface area contributed by atoms with E-state index in [0.29, 0.717) is 12.0 Å². The molecule has 0 aromatic heterocycles. The van der Waals surface area contributed by atoms with Gasteiger partial charge < -0.3 is 15.7 Å². The van der Waals surface area contributed by atoms with E-state index in [-0.39, 0.29) is 6.61 Å². The van der Waals surface area contributed by atoms with Gasteiger partial charge in [-0.3, -0.25) is 9.89 Å². The molecule has 2 unspecified atom stereocenters. The van der Waals surface area contributed by atoms with Crippen LogP contribution in [0.15, 0.2) is 4.99 Å². The first-order valence-electron chi connectivity index (χ1n) is 8.97. The van der Waals surface area contributed by atoms with Crippen LogP contribution in [0, 0.1) is 5.92 Å². The molecule has 0 aromatic rings. The monoisotopic (exact) mass is 312 g/mol. The standard InChI is InChI=1S/C17H36N4O/c1-5-7-15(10-11-22)13-20-17(18-6-2)19-12-14(3)21(4)16-8-9-16/h14-16,22H,5-13H2,1-4H3,(H2,18,19,20). The normalized spacial score (nSPS) is 18.4. The lowest BCUT2D eigenvalue weighted by Crippen LogP contribution is -2.45. The highest BCUT2D eigenvalue weighted by Crippen LogP contribution is 2.26. The van der Waals surface area contributed by atoms with E-state index in [1.165, 1.54) is 12.8 Å².